The SMILES string of the molecule is COc1ccc(OC(=O)CCCOc2ccc(Cl)c(C)c2)c([N+](=O)[O-])c1. The molecule has 0 aliphatic rings. The molecule has 0 aromatic heterocycles. The van der Waals surface area contributed by atoms with Crippen LogP contribution in [0.1, 0.15) is 18.4 Å². The van der Waals surface area contributed by atoms with Crippen LogP contribution in [-0.2, 0) is 4.79 Å². The van der Waals surface area contributed by atoms with Crippen molar-refractivity contribution in [3.8, 4) is 17.2 Å². The van der Waals surface area contributed by atoms with Gasteiger partial charge in [0.25, 0.3) is 0 Å². The number of aryl methyl sites for hydroxylation is 1. The quantitative estimate of drug-likeness (QED) is 0.223. The molecule has 0 spiro atoms. The van der Waals surface area contributed by atoms with Crippen LogP contribution in [-0.4, -0.2) is 24.6 Å². The second-order valence-electron chi connectivity index (χ2n) is 5.43. The zero-order valence-electron chi connectivity index (χ0n) is 14.4. The van der Waals surface area contributed by atoms with Gasteiger partial charge in [0.15, 0.2) is 0 Å². The molecule has 2 aromatic rings. The molecule has 0 aliphatic heterocycles. The largest absolute Gasteiger partial charge is 0.496 e. The molecule has 0 unspecified atom stereocenters. The summed E-state index contributed by atoms with van der Waals surface area (Å²) in [6.45, 7) is 2.18. The molecule has 0 radical (unpaired) electrons. The van der Waals surface area contributed by atoms with E-state index in [0.29, 0.717) is 29.5 Å². The summed E-state index contributed by atoms with van der Waals surface area (Å²) in [6.07, 6.45) is 0.472. The highest BCUT2D eigenvalue weighted by Crippen LogP contribution is 2.31. The third kappa shape index (κ3) is 5.35. The van der Waals surface area contributed by atoms with E-state index in [4.69, 9.17) is 25.8 Å². The van der Waals surface area contributed by atoms with Crippen LogP contribution < -0.4 is 14.2 Å². The molecule has 8 heteroatoms. The maximum atomic E-state index is 11.9. The van der Waals surface area contributed by atoms with Crippen LogP contribution in [0.2, 0.25) is 5.02 Å². The Morgan fingerprint density at radius 2 is 1.92 bits per heavy atom. The number of nitro groups is 1. The van der Waals surface area contributed by atoms with E-state index in [1.54, 1.807) is 18.2 Å². The van der Waals surface area contributed by atoms with Gasteiger partial charge in [0.2, 0.25) is 5.75 Å². The van der Waals surface area contributed by atoms with Crippen molar-refractivity contribution in [2.45, 2.75) is 19.8 Å². The average Bonchev–Trinajstić information content (AvgIpc) is 2.61. The van der Waals surface area contributed by atoms with Gasteiger partial charge in [0.05, 0.1) is 24.7 Å². The van der Waals surface area contributed by atoms with Gasteiger partial charge in [0.1, 0.15) is 11.5 Å². The van der Waals surface area contributed by atoms with E-state index in [1.165, 1.54) is 25.3 Å². The molecule has 0 atom stereocenters. The summed E-state index contributed by atoms with van der Waals surface area (Å²) < 4.78 is 15.6. The van der Waals surface area contributed by atoms with Crippen LogP contribution in [0.3, 0.4) is 0 Å². The van der Waals surface area contributed by atoms with Gasteiger partial charge in [-0.15, -0.1) is 0 Å². The van der Waals surface area contributed by atoms with Gasteiger partial charge in [-0.3, -0.25) is 14.9 Å². The number of benzene rings is 2. The van der Waals surface area contributed by atoms with Gasteiger partial charge >= 0.3 is 11.7 Å². The molecule has 2 rings (SSSR count). The predicted octanol–water partition coefficient (Wildman–Crippen LogP) is 4.33. The van der Waals surface area contributed by atoms with Crippen molar-refractivity contribution in [2.75, 3.05) is 13.7 Å². The summed E-state index contributed by atoms with van der Waals surface area (Å²) >= 11 is 5.94. The average molecular weight is 380 g/mol. The molecule has 0 fully saturated rings. The second-order valence-corrected chi connectivity index (χ2v) is 5.84. The molecule has 0 bridgehead atoms. The number of hydrogen-bond acceptors (Lipinski definition) is 6. The van der Waals surface area contributed by atoms with Crippen molar-refractivity contribution >= 4 is 23.3 Å². The number of halogens is 1. The van der Waals surface area contributed by atoms with Crippen molar-refractivity contribution in [3.05, 3.63) is 57.1 Å². The van der Waals surface area contributed by atoms with E-state index in [-0.39, 0.29) is 17.9 Å². The van der Waals surface area contributed by atoms with Crippen LogP contribution in [0, 0.1) is 17.0 Å². The molecule has 2 aromatic carbocycles. The molecular weight excluding hydrogens is 362 g/mol. The lowest BCUT2D eigenvalue weighted by Crippen LogP contribution is -2.11. The first-order chi connectivity index (χ1) is 12.4. The fraction of sp³-hybridized carbons (Fsp3) is 0.278. The van der Waals surface area contributed by atoms with E-state index in [0.717, 1.165) is 5.56 Å². The number of hydrogen-bond donors (Lipinski definition) is 0. The Balaban J connectivity index is 1.85. The monoisotopic (exact) mass is 379 g/mol. The van der Waals surface area contributed by atoms with Crippen molar-refractivity contribution < 1.29 is 23.9 Å². The van der Waals surface area contributed by atoms with E-state index < -0.39 is 10.9 Å². The first kappa shape index (κ1) is 19.5. The molecule has 138 valence electrons. The summed E-state index contributed by atoms with van der Waals surface area (Å²) in [5.74, 6) is 0.276. The molecule has 26 heavy (non-hydrogen) atoms. The molecule has 0 aliphatic carbocycles. The lowest BCUT2D eigenvalue weighted by molar-refractivity contribution is -0.385. The minimum atomic E-state index is -0.628. The standard InChI is InChI=1S/C18H18ClNO6/c1-12-10-14(5-7-15(12)19)25-9-3-4-18(21)26-17-8-6-13(24-2)11-16(17)20(22)23/h5-8,10-11H,3-4,9H2,1-2H3. The molecule has 0 heterocycles. The van der Waals surface area contributed by atoms with Crippen LogP contribution in [0.4, 0.5) is 5.69 Å². The Morgan fingerprint density at radius 1 is 1.19 bits per heavy atom. The summed E-state index contributed by atoms with van der Waals surface area (Å²) in [7, 11) is 1.40. The van der Waals surface area contributed by atoms with E-state index in [9.17, 15) is 14.9 Å². The minimum absolute atomic E-state index is 0.0652. The highest BCUT2D eigenvalue weighted by atomic mass is 35.5. The van der Waals surface area contributed by atoms with E-state index >= 15 is 0 Å². The molecule has 0 amide bonds. The van der Waals surface area contributed by atoms with E-state index in [1.807, 2.05) is 6.92 Å². The second kappa shape index (κ2) is 9.05. The Kier molecular flexibility index (Phi) is 6.80. The number of nitro benzene ring substituents is 1. The summed E-state index contributed by atoms with van der Waals surface area (Å²) in [6, 6.07) is 9.32. The molecule has 0 saturated carbocycles. The third-order valence-corrected chi connectivity index (χ3v) is 3.93. The Bertz CT molecular complexity index is 808. The zero-order valence-corrected chi connectivity index (χ0v) is 15.1. The maximum Gasteiger partial charge on any atom is 0.315 e. The predicted molar refractivity (Wildman–Crippen MR) is 96.2 cm³/mol. The van der Waals surface area contributed by atoms with Crippen molar-refractivity contribution in [2.24, 2.45) is 0 Å². The molecule has 7 nitrogen and oxygen atoms in total. The first-order valence-corrected chi connectivity index (χ1v) is 8.20. The van der Waals surface area contributed by atoms with Gasteiger partial charge in [-0.1, -0.05) is 11.6 Å². The first-order valence-electron chi connectivity index (χ1n) is 7.82. The lowest BCUT2D eigenvalue weighted by atomic mass is 10.2. The van der Waals surface area contributed by atoms with Gasteiger partial charge in [0, 0.05) is 11.4 Å². The molecule has 0 N–H and O–H groups in total. The van der Waals surface area contributed by atoms with E-state index in [2.05, 4.69) is 0 Å². The summed E-state index contributed by atoms with van der Waals surface area (Å²) in [4.78, 5) is 22.3. The normalized spacial score (nSPS) is 10.3. The zero-order chi connectivity index (χ0) is 19.1. The smallest absolute Gasteiger partial charge is 0.315 e. The Hall–Kier alpha value is -2.80. The van der Waals surface area contributed by atoms with Gasteiger partial charge in [-0.05, 0) is 49.2 Å². The van der Waals surface area contributed by atoms with Gasteiger partial charge < -0.3 is 14.2 Å². The van der Waals surface area contributed by atoms with Crippen molar-refractivity contribution in [1.82, 2.24) is 0 Å². The highest BCUT2D eigenvalue weighted by Gasteiger charge is 2.19. The van der Waals surface area contributed by atoms with Crippen LogP contribution in [0.5, 0.6) is 17.2 Å². The number of esters is 1. The fourth-order valence-electron chi connectivity index (χ4n) is 2.14. The van der Waals surface area contributed by atoms with Crippen LogP contribution in [0.25, 0.3) is 0 Å². The number of carbonyl (C=O) groups excluding carboxylic acids is 1. The van der Waals surface area contributed by atoms with Crippen molar-refractivity contribution in [3.63, 3.8) is 0 Å². The minimum Gasteiger partial charge on any atom is -0.496 e. The number of nitrogens with zero attached hydrogens (tertiary/aromatic N) is 1. The Morgan fingerprint density at radius 3 is 2.58 bits per heavy atom. The fourth-order valence-corrected chi connectivity index (χ4v) is 2.26. The molecule has 0 saturated heterocycles. The number of carbonyl (C=O) groups is 1. The topological polar surface area (TPSA) is 87.9 Å². The Labute approximate surface area is 155 Å². The van der Waals surface area contributed by atoms with Crippen molar-refractivity contribution in [1.29, 1.82) is 0 Å². The van der Waals surface area contributed by atoms with Gasteiger partial charge in [-0.2, -0.15) is 0 Å². The summed E-state index contributed by atoms with van der Waals surface area (Å²) in [5, 5.41) is 11.7. The third-order valence-electron chi connectivity index (χ3n) is 3.51. The number of rotatable bonds is 8. The number of ether oxygens (including phenoxy) is 3. The van der Waals surface area contributed by atoms with Gasteiger partial charge in [-0.25, -0.2) is 0 Å². The summed E-state index contributed by atoms with van der Waals surface area (Å²) in [5.41, 5.74) is 0.570. The van der Waals surface area contributed by atoms with Crippen LogP contribution >= 0.6 is 11.6 Å². The highest BCUT2D eigenvalue weighted by molar-refractivity contribution is 6.31. The molecular formula is C18H18ClNO6. The van der Waals surface area contributed by atoms with Crippen LogP contribution in [0.15, 0.2) is 36.4 Å². The number of methoxy groups -OCH3 is 1. The lowest BCUT2D eigenvalue weighted by Gasteiger charge is -2.08. The maximum absolute atomic E-state index is 11.9.